The molecule has 5 heteroatoms. The van der Waals surface area contributed by atoms with Gasteiger partial charge in [0.15, 0.2) is 17.5 Å². The number of benzene rings is 7. The molecule has 0 saturated carbocycles. The lowest BCUT2D eigenvalue weighted by atomic mass is 10.0. The van der Waals surface area contributed by atoms with Crippen LogP contribution in [0.4, 0.5) is 0 Å². The van der Waals surface area contributed by atoms with Crippen molar-refractivity contribution < 1.29 is 8.83 Å². The third-order valence-electron chi connectivity index (χ3n) is 9.37. The molecule has 0 aliphatic rings. The molecule has 0 bridgehead atoms. The largest absolute Gasteiger partial charge is 0.456 e. The van der Waals surface area contributed by atoms with Crippen molar-refractivity contribution in [3.63, 3.8) is 0 Å². The van der Waals surface area contributed by atoms with Gasteiger partial charge in [-0.05, 0) is 41.0 Å². The summed E-state index contributed by atoms with van der Waals surface area (Å²) in [6.45, 7) is 0. The summed E-state index contributed by atoms with van der Waals surface area (Å²) in [6, 6.07) is 55.7. The molecule has 0 unspecified atom stereocenters. The highest BCUT2D eigenvalue weighted by Gasteiger charge is 2.20. The lowest BCUT2D eigenvalue weighted by Crippen LogP contribution is -2.00. The predicted octanol–water partition coefficient (Wildman–Crippen LogP) is 12.0. The SMILES string of the molecule is c1ccc(-c2ccc(-c3nc(-c4ccc5c(c4)oc4ccccc45)nc(-c4cccc5oc6c(-c7ccccc7)cccc6c45)n3)cc2)cc1. The van der Waals surface area contributed by atoms with Crippen LogP contribution in [-0.2, 0) is 0 Å². The molecule has 234 valence electrons. The third-order valence-corrected chi connectivity index (χ3v) is 9.37. The summed E-state index contributed by atoms with van der Waals surface area (Å²) in [7, 11) is 0. The van der Waals surface area contributed by atoms with E-state index in [0.29, 0.717) is 17.5 Å². The number of furan rings is 2. The molecule has 50 heavy (non-hydrogen) atoms. The number of fused-ring (bicyclic) bond motifs is 6. The van der Waals surface area contributed by atoms with Gasteiger partial charge in [0, 0.05) is 43.8 Å². The van der Waals surface area contributed by atoms with E-state index in [1.165, 1.54) is 0 Å². The Bertz CT molecular complexity index is 2850. The van der Waals surface area contributed by atoms with Crippen molar-refractivity contribution in [1.82, 2.24) is 15.0 Å². The van der Waals surface area contributed by atoms with E-state index in [9.17, 15) is 0 Å². The van der Waals surface area contributed by atoms with E-state index >= 15 is 0 Å². The molecular formula is C45H27N3O2. The zero-order valence-electron chi connectivity index (χ0n) is 26.7. The van der Waals surface area contributed by atoms with Gasteiger partial charge in [0.1, 0.15) is 22.3 Å². The van der Waals surface area contributed by atoms with Gasteiger partial charge in [-0.3, -0.25) is 0 Å². The maximum Gasteiger partial charge on any atom is 0.164 e. The molecule has 3 heterocycles. The Hall–Kier alpha value is -6.85. The normalized spacial score (nSPS) is 11.6. The minimum absolute atomic E-state index is 0.564. The van der Waals surface area contributed by atoms with Crippen LogP contribution >= 0.6 is 0 Å². The number of nitrogens with zero attached hydrogens (tertiary/aromatic N) is 3. The van der Waals surface area contributed by atoms with Gasteiger partial charge in [-0.2, -0.15) is 0 Å². The second kappa shape index (κ2) is 11.4. The topological polar surface area (TPSA) is 65.0 Å². The van der Waals surface area contributed by atoms with Crippen LogP contribution in [0.5, 0.6) is 0 Å². The summed E-state index contributed by atoms with van der Waals surface area (Å²) in [5, 5.41) is 4.11. The molecule has 0 amide bonds. The molecule has 3 aromatic heterocycles. The summed E-state index contributed by atoms with van der Waals surface area (Å²) in [5.74, 6) is 1.72. The van der Waals surface area contributed by atoms with Gasteiger partial charge >= 0.3 is 0 Å². The Morgan fingerprint density at radius 2 is 0.880 bits per heavy atom. The number of hydrogen-bond donors (Lipinski definition) is 0. The molecular weight excluding hydrogens is 615 g/mol. The molecule has 0 N–H and O–H groups in total. The molecule has 0 aliphatic heterocycles. The molecule has 0 radical (unpaired) electrons. The van der Waals surface area contributed by atoms with Gasteiger partial charge in [0.05, 0.1) is 0 Å². The number of rotatable bonds is 5. The monoisotopic (exact) mass is 641 g/mol. The van der Waals surface area contributed by atoms with Crippen LogP contribution in [0.25, 0.3) is 100 Å². The first-order valence-electron chi connectivity index (χ1n) is 16.6. The highest BCUT2D eigenvalue weighted by molar-refractivity contribution is 6.15. The molecule has 0 fully saturated rings. The average molecular weight is 642 g/mol. The molecule has 0 saturated heterocycles. The molecule has 10 rings (SSSR count). The molecule has 7 aromatic carbocycles. The Morgan fingerprint density at radius 1 is 0.320 bits per heavy atom. The Kier molecular flexibility index (Phi) is 6.42. The van der Waals surface area contributed by atoms with Crippen molar-refractivity contribution in [1.29, 1.82) is 0 Å². The molecule has 10 aromatic rings. The summed E-state index contributed by atoms with van der Waals surface area (Å²) in [6.07, 6.45) is 0. The summed E-state index contributed by atoms with van der Waals surface area (Å²) >= 11 is 0. The maximum absolute atomic E-state index is 6.58. The molecule has 0 atom stereocenters. The number of aromatic nitrogens is 3. The lowest BCUT2D eigenvalue weighted by molar-refractivity contribution is 0.669. The van der Waals surface area contributed by atoms with Crippen LogP contribution in [-0.4, -0.2) is 15.0 Å². The fourth-order valence-corrected chi connectivity index (χ4v) is 6.94. The van der Waals surface area contributed by atoms with Crippen molar-refractivity contribution in [2.24, 2.45) is 0 Å². The van der Waals surface area contributed by atoms with Gasteiger partial charge in [0.2, 0.25) is 0 Å². The smallest absolute Gasteiger partial charge is 0.164 e. The van der Waals surface area contributed by atoms with Gasteiger partial charge in [-0.25, -0.2) is 15.0 Å². The van der Waals surface area contributed by atoms with E-state index in [-0.39, 0.29) is 0 Å². The van der Waals surface area contributed by atoms with Crippen LogP contribution in [0, 0.1) is 0 Å². The van der Waals surface area contributed by atoms with Crippen molar-refractivity contribution in [3.8, 4) is 56.4 Å². The molecule has 0 spiro atoms. The van der Waals surface area contributed by atoms with Crippen LogP contribution in [0.3, 0.4) is 0 Å². The van der Waals surface area contributed by atoms with E-state index in [4.69, 9.17) is 23.8 Å². The van der Waals surface area contributed by atoms with Gasteiger partial charge in [0.25, 0.3) is 0 Å². The van der Waals surface area contributed by atoms with Gasteiger partial charge in [-0.15, -0.1) is 0 Å². The zero-order valence-corrected chi connectivity index (χ0v) is 26.7. The van der Waals surface area contributed by atoms with E-state index in [2.05, 4.69) is 103 Å². The van der Waals surface area contributed by atoms with Crippen molar-refractivity contribution in [3.05, 3.63) is 164 Å². The van der Waals surface area contributed by atoms with E-state index in [1.54, 1.807) is 0 Å². The average Bonchev–Trinajstić information content (AvgIpc) is 3.77. The number of hydrogen-bond acceptors (Lipinski definition) is 5. The lowest BCUT2D eigenvalue weighted by Gasteiger charge is -2.10. The predicted molar refractivity (Wildman–Crippen MR) is 202 cm³/mol. The Labute approximate surface area is 287 Å². The summed E-state index contributed by atoms with van der Waals surface area (Å²) in [4.78, 5) is 15.3. The first-order chi connectivity index (χ1) is 24.8. The Balaban J connectivity index is 1.18. The summed E-state index contributed by atoms with van der Waals surface area (Å²) in [5.41, 5.74) is 10.3. The zero-order chi connectivity index (χ0) is 33.0. The minimum Gasteiger partial charge on any atom is -0.456 e. The van der Waals surface area contributed by atoms with E-state index in [1.807, 2.05) is 60.7 Å². The van der Waals surface area contributed by atoms with Gasteiger partial charge < -0.3 is 8.83 Å². The van der Waals surface area contributed by atoms with Crippen LogP contribution < -0.4 is 0 Å². The number of para-hydroxylation sites is 2. The van der Waals surface area contributed by atoms with Crippen LogP contribution in [0.2, 0.25) is 0 Å². The molecule has 0 aliphatic carbocycles. The first-order valence-corrected chi connectivity index (χ1v) is 16.6. The van der Waals surface area contributed by atoms with Crippen molar-refractivity contribution in [2.45, 2.75) is 0 Å². The third kappa shape index (κ3) is 4.67. The first kappa shape index (κ1) is 28.2. The van der Waals surface area contributed by atoms with Crippen molar-refractivity contribution >= 4 is 43.9 Å². The van der Waals surface area contributed by atoms with Crippen LogP contribution in [0.1, 0.15) is 0 Å². The van der Waals surface area contributed by atoms with Crippen molar-refractivity contribution in [2.75, 3.05) is 0 Å². The highest BCUT2D eigenvalue weighted by atomic mass is 16.3. The maximum atomic E-state index is 6.58. The minimum atomic E-state index is 0.564. The quantitative estimate of drug-likeness (QED) is 0.187. The van der Waals surface area contributed by atoms with E-state index in [0.717, 1.165) is 82.8 Å². The second-order valence-electron chi connectivity index (χ2n) is 12.4. The second-order valence-corrected chi connectivity index (χ2v) is 12.4. The molecule has 5 nitrogen and oxygen atoms in total. The fraction of sp³-hybridized carbons (Fsp3) is 0. The van der Waals surface area contributed by atoms with Crippen LogP contribution in [0.15, 0.2) is 173 Å². The fourth-order valence-electron chi connectivity index (χ4n) is 6.94. The highest BCUT2D eigenvalue weighted by Crippen LogP contribution is 2.40. The standard InChI is InChI=1S/C45H27N3O2/c1-3-11-28(12-4-1)29-21-23-31(24-22-29)43-46-44(32-25-26-35-34-15-7-8-19-38(34)49-40(35)27-32)48-45(47-43)37-18-10-20-39-41(37)36-17-9-16-33(42(36)50-39)30-13-5-2-6-14-30/h1-27H. The Morgan fingerprint density at radius 3 is 1.70 bits per heavy atom. The van der Waals surface area contributed by atoms with Gasteiger partial charge in [-0.1, -0.05) is 140 Å². The van der Waals surface area contributed by atoms with E-state index < -0.39 is 0 Å². The summed E-state index contributed by atoms with van der Waals surface area (Å²) < 4.78 is 12.8.